The molecule has 0 spiro atoms. The first-order valence-corrected chi connectivity index (χ1v) is 7.41. The molecule has 2 unspecified atom stereocenters. The lowest BCUT2D eigenvalue weighted by atomic mass is 9.80. The Morgan fingerprint density at radius 1 is 1.42 bits per heavy atom. The van der Waals surface area contributed by atoms with Crippen molar-refractivity contribution in [3.8, 4) is 0 Å². The van der Waals surface area contributed by atoms with Crippen molar-refractivity contribution in [2.24, 2.45) is 17.6 Å². The second-order valence-electron chi connectivity index (χ2n) is 5.42. The van der Waals surface area contributed by atoms with Crippen LogP contribution < -0.4 is 11.1 Å². The third kappa shape index (κ3) is 4.44. The number of halogens is 1. The minimum Gasteiger partial charge on any atom is -0.348 e. The second-order valence-corrected chi connectivity index (χ2v) is 6.36. The van der Waals surface area contributed by atoms with E-state index < -0.39 is 0 Å². The van der Waals surface area contributed by atoms with Gasteiger partial charge in [-0.2, -0.15) is 0 Å². The van der Waals surface area contributed by atoms with E-state index in [0.717, 1.165) is 17.8 Å². The maximum Gasteiger partial charge on any atom is 0.270 e. The summed E-state index contributed by atoms with van der Waals surface area (Å²) in [4.78, 5) is 16.3. The molecule has 1 heterocycles. The molecule has 6 heteroatoms. The molecule has 1 fully saturated rings. The van der Waals surface area contributed by atoms with Crippen LogP contribution in [0.2, 0.25) is 0 Å². The van der Waals surface area contributed by atoms with Crippen molar-refractivity contribution in [1.82, 2.24) is 10.3 Å². The standard InChI is InChI=1S/C13H21N3OS.ClH/c1-8-3-9(2)5-10(4-8)15-13(17)11-7-18-12(6-14)16-11;/h7-10H,3-6,14H2,1-2H3,(H,15,17);1H. The molecule has 4 nitrogen and oxygen atoms in total. The lowest BCUT2D eigenvalue weighted by Gasteiger charge is -2.31. The van der Waals surface area contributed by atoms with E-state index in [-0.39, 0.29) is 18.3 Å². The zero-order chi connectivity index (χ0) is 13.1. The van der Waals surface area contributed by atoms with E-state index in [4.69, 9.17) is 5.73 Å². The number of nitrogens with zero attached hydrogens (tertiary/aromatic N) is 1. The van der Waals surface area contributed by atoms with Gasteiger partial charge >= 0.3 is 0 Å². The van der Waals surface area contributed by atoms with Crippen molar-refractivity contribution in [1.29, 1.82) is 0 Å². The fraction of sp³-hybridized carbons (Fsp3) is 0.692. The first-order valence-electron chi connectivity index (χ1n) is 6.53. The van der Waals surface area contributed by atoms with Crippen molar-refractivity contribution in [3.63, 3.8) is 0 Å². The second kappa shape index (κ2) is 7.22. The summed E-state index contributed by atoms with van der Waals surface area (Å²) >= 11 is 1.44. The third-order valence-corrected chi connectivity index (χ3v) is 4.34. The van der Waals surface area contributed by atoms with Gasteiger partial charge in [0.2, 0.25) is 0 Å². The molecule has 1 aromatic heterocycles. The summed E-state index contributed by atoms with van der Waals surface area (Å²) in [6.07, 6.45) is 3.41. The number of nitrogens with one attached hydrogen (secondary N) is 1. The molecule has 1 aliphatic rings. The molecule has 0 bridgehead atoms. The molecule has 108 valence electrons. The number of carbonyl (C=O) groups excluding carboxylic acids is 1. The van der Waals surface area contributed by atoms with Gasteiger partial charge in [-0.1, -0.05) is 13.8 Å². The normalized spacial score (nSPS) is 26.6. The van der Waals surface area contributed by atoms with Crippen molar-refractivity contribution in [3.05, 3.63) is 16.1 Å². The maximum absolute atomic E-state index is 12.0. The van der Waals surface area contributed by atoms with Gasteiger partial charge in [0.25, 0.3) is 5.91 Å². The Hall–Kier alpha value is -0.650. The van der Waals surface area contributed by atoms with Gasteiger partial charge in [-0.25, -0.2) is 4.98 Å². The van der Waals surface area contributed by atoms with Crippen molar-refractivity contribution in [2.45, 2.75) is 45.7 Å². The van der Waals surface area contributed by atoms with Crippen molar-refractivity contribution in [2.75, 3.05) is 0 Å². The van der Waals surface area contributed by atoms with Gasteiger partial charge in [0, 0.05) is 18.0 Å². The SMILES string of the molecule is CC1CC(C)CC(NC(=O)c2csc(CN)n2)C1.Cl. The minimum absolute atomic E-state index is 0. The summed E-state index contributed by atoms with van der Waals surface area (Å²) in [6.45, 7) is 4.91. The van der Waals surface area contributed by atoms with Crippen LogP contribution in [0.5, 0.6) is 0 Å². The Morgan fingerprint density at radius 3 is 2.58 bits per heavy atom. The first kappa shape index (κ1) is 16.4. The summed E-state index contributed by atoms with van der Waals surface area (Å²) in [6, 6.07) is 0.291. The van der Waals surface area contributed by atoms with Gasteiger partial charge in [0.1, 0.15) is 10.7 Å². The Bertz CT molecular complexity index is 414. The Morgan fingerprint density at radius 2 is 2.05 bits per heavy atom. The molecule has 0 radical (unpaired) electrons. The lowest BCUT2D eigenvalue weighted by molar-refractivity contribution is 0.0906. The fourth-order valence-corrected chi connectivity index (χ4v) is 3.49. The Kier molecular flexibility index (Phi) is 6.23. The molecule has 0 aliphatic heterocycles. The van der Waals surface area contributed by atoms with Crippen LogP contribution in [0.3, 0.4) is 0 Å². The molecule has 1 amide bonds. The predicted molar refractivity (Wildman–Crippen MR) is 80.7 cm³/mol. The maximum atomic E-state index is 12.0. The molecular weight excluding hydrogens is 282 g/mol. The molecule has 2 rings (SSSR count). The van der Waals surface area contributed by atoms with Crippen LogP contribution in [-0.4, -0.2) is 16.9 Å². The average molecular weight is 304 g/mol. The molecule has 3 N–H and O–H groups in total. The van der Waals surface area contributed by atoms with Crippen molar-refractivity contribution >= 4 is 29.7 Å². The van der Waals surface area contributed by atoms with Gasteiger partial charge in [-0.05, 0) is 31.1 Å². The molecule has 1 aliphatic carbocycles. The van der Waals surface area contributed by atoms with Gasteiger partial charge < -0.3 is 11.1 Å². The van der Waals surface area contributed by atoms with Gasteiger partial charge in [0.15, 0.2) is 0 Å². The predicted octanol–water partition coefficient (Wildman–Crippen LogP) is 2.58. The number of thiazole rings is 1. The van der Waals surface area contributed by atoms with Crippen LogP contribution in [0.25, 0.3) is 0 Å². The molecule has 19 heavy (non-hydrogen) atoms. The smallest absolute Gasteiger partial charge is 0.270 e. The highest BCUT2D eigenvalue weighted by Crippen LogP contribution is 2.28. The number of hydrogen-bond acceptors (Lipinski definition) is 4. The number of amides is 1. The number of rotatable bonds is 3. The van der Waals surface area contributed by atoms with E-state index in [9.17, 15) is 4.79 Å². The van der Waals surface area contributed by atoms with Crippen LogP contribution in [-0.2, 0) is 6.54 Å². The monoisotopic (exact) mass is 303 g/mol. The molecule has 0 saturated heterocycles. The Labute approximate surface area is 124 Å². The third-order valence-electron chi connectivity index (χ3n) is 3.47. The zero-order valence-corrected chi connectivity index (χ0v) is 13.0. The number of hydrogen-bond donors (Lipinski definition) is 2. The molecular formula is C13H22ClN3OS. The number of nitrogens with two attached hydrogens (primary N) is 1. The number of aromatic nitrogens is 1. The molecule has 1 saturated carbocycles. The van der Waals surface area contributed by atoms with E-state index in [1.54, 1.807) is 5.38 Å². The van der Waals surface area contributed by atoms with E-state index in [0.29, 0.717) is 30.1 Å². The topological polar surface area (TPSA) is 68.0 Å². The van der Waals surface area contributed by atoms with Gasteiger partial charge in [-0.3, -0.25) is 4.79 Å². The Balaban J connectivity index is 0.00000180. The highest BCUT2D eigenvalue weighted by molar-refractivity contribution is 7.09. The van der Waals surface area contributed by atoms with Crippen LogP contribution in [0.1, 0.15) is 48.6 Å². The van der Waals surface area contributed by atoms with E-state index in [2.05, 4.69) is 24.1 Å². The van der Waals surface area contributed by atoms with Crippen LogP contribution in [0, 0.1) is 11.8 Å². The van der Waals surface area contributed by atoms with Crippen molar-refractivity contribution < 1.29 is 4.79 Å². The summed E-state index contributed by atoms with van der Waals surface area (Å²) < 4.78 is 0. The van der Waals surface area contributed by atoms with Crippen LogP contribution in [0.15, 0.2) is 5.38 Å². The van der Waals surface area contributed by atoms with Crippen LogP contribution in [0.4, 0.5) is 0 Å². The zero-order valence-electron chi connectivity index (χ0n) is 11.4. The summed E-state index contributed by atoms with van der Waals surface area (Å²) in [5.74, 6) is 1.32. The lowest BCUT2D eigenvalue weighted by Crippen LogP contribution is -2.40. The van der Waals surface area contributed by atoms with E-state index >= 15 is 0 Å². The molecule has 1 aromatic rings. The summed E-state index contributed by atoms with van der Waals surface area (Å²) in [7, 11) is 0. The highest BCUT2D eigenvalue weighted by atomic mass is 35.5. The largest absolute Gasteiger partial charge is 0.348 e. The van der Waals surface area contributed by atoms with Gasteiger partial charge in [-0.15, -0.1) is 23.7 Å². The highest BCUT2D eigenvalue weighted by Gasteiger charge is 2.25. The van der Waals surface area contributed by atoms with E-state index in [1.807, 2.05) is 0 Å². The summed E-state index contributed by atoms with van der Waals surface area (Å²) in [5.41, 5.74) is 6.01. The van der Waals surface area contributed by atoms with E-state index in [1.165, 1.54) is 17.8 Å². The minimum atomic E-state index is -0.0581. The number of carbonyl (C=O) groups is 1. The van der Waals surface area contributed by atoms with Gasteiger partial charge in [0.05, 0.1) is 0 Å². The molecule has 2 atom stereocenters. The van der Waals surface area contributed by atoms with Crippen LogP contribution >= 0.6 is 23.7 Å². The quantitative estimate of drug-likeness (QED) is 0.902. The fourth-order valence-electron chi connectivity index (χ4n) is 2.83. The molecule has 0 aromatic carbocycles. The summed E-state index contributed by atoms with van der Waals surface area (Å²) in [5, 5.41) is 5.69. The average Bonchev–Trinajstić information content (AvgIpc) is 2.75. The first-order chi connectivity index (χ1) is 8.58.